The molecule has 0 spiro atoms. The molecule has 0 fully saturated rings. The van der Waals surface area contributed by atoms with Crippen molar-refractivity contribution in [1.29, 1.82) is 0 Å². The lowest BCUT2D eigenvalue weighted by Crippen LogP contribution is -2.53. The van der Waals surface area contributed by atoms with E-state index >= 15 is 0 Å². The summed E-state index contributed by atoms with van der Waals surface area (Å²) in [6.45, 7) is 17.9. The Balaban J connectivity index is 3.12. The van der Waals surface area contributed by atoms with Crippen molar-refractivity contribution in [1.82, 2.24) is 5.32 Å². The van der Waals surface area contributed by atoms with E-state index in [1.807, 2.05) is 30.3 Å². The minimum absolute atomic E-state index is 0.0185. The molecule has 166 valence electrons. The second-order valence-electron chi connectivity index (χ2n) is 10.1. The number of benzene rings is 1. The zero-order valence-electron chi connectivity index (χ0n) is 19.9. The Kier molecular flexibility index (Phi) is 8.73. The van der Waals surface area contributed by atoms with E-state index in [2.05, 4.69) is 51.0 Å². The van der Waals surface area contributed by atoms with Crippen LogP contribution in [0.15, 0.2) is 30.3 Å². The lowest BCUT2D eigenvalue weighted by Gasteiger charge is -2.40. The molecule has 5 nitrogen and oxygen atoms in total. The molecule has 6 heteroatoms. The number of hydrogen-bond acceptors (Lipinski definition) is 4. The molecule has 0 saturated heterocycles. The smallest absolute Gasteiger partial charge is 0.408 e. The highest BCUT2D eigenvalue weighted by Crippen LogP contribution is 2.39. The van der Waals surface area contributed by atoms with Gasteiger partial charge in [-0.15, -0.1) is 5.92 Å². The van der Waals surface area contributed by atoms with E-state index < -0.39 is 37.5 Å². The molecule has 0 aliphatic carbocycles. The molecule has 1 unspecified atom stereocenters. The third-order valence-electron chi connectivity index (χ3n) is 5.36. The van der Waals surface area contributed by atoms with Gasteiger partial charge in [-0.3, -0.25) is 0 Å². The summed E-state index contributed by atoms with van der Waals surface area (Å²) in [7, 11) is -2.09. The van der Waals surface area contributed by atoms with Crippen molar-refractivity contribution in [3.63, 3.8) is 0 Å². The van der Waals surface area contributed by atoms with Crippen LogP contribution in [0.2, 0.25) is 18.1 Å². The summed E-state index contributed by atoms with van der Waals surface area (Å²) in [4.78, 5) is 25.5. The Bertz CT molecular complexity index is 779. The molecule has 0 saturated carbocycles. The summed E-state index contributed by atoms with van der Waals surface area (Å²) in [6.07, 6.45) is -0.339. The van der Waals surface area contributed by atoms with Crippen molar-refractivity contribution in [2.45, 2.75) is 90.4 Å². The molecule has 0 aliphatic rings. The van der Waals surface area contributed by atoms with E-state index in [9.17, 15) is 9.59 Å². The van der Waals surface area contributed by atoms with Crippen LogP contribution in [0.5, 0.6) is 0 Å². The van der Waals surface area contributed by atoms with E-state index in [-0.39, 0.29) is 5.04 Å². The zero-order valence-corrected chi connectivity index (χ0v) is 20.9. The maximum atomic E-state index is 13.2. The standard InChI is InChI=1S/C24H37NO4Si/c1-10-14-20(30(8,9)24(5,6)7)28-21(26)19(17-18-15-12-11-13-16-18)25-22(27)29-23(2,3)4/h11-13,15-16,19-20H,17H2,1-9H3,(H,25,27)/t19?,20-/m0/s1. The van der Waals surface area contributed by atoms with E-state index in [4.69, 9.17) is 9.47 Å². The van der Waals surface area contributed by atoms with Crippen LogP contribution in [0.1, 0.15) is 54.0 Å². The van der Waals surface area contributed by atoms with Crippen LogP contribution in [0.25, 0.3) is 0 Å². The second kappa shape index (κ2) is 10.2. The largest absolute Gasteiger partial charge is 0.452 e. The molecule has 0 heterocycles. The minimum atomic E-state index is -2.09. The number of esters is 1. The van der Waals surface area contributed by atoms with E-state index in [1.165, 1.54) is 0 Å². The first-order valence-corrected chi connectivity index (χ1v) is 13.4. The van der Waals surface area contributed by atoms with E-state index in [1.54, 1.807) is 27.7 Å². The summed E-state index contributed by atoms with van der Waals surface area (Å²) < 4.78 is 11.3. The molecule has 30 heavy (non-hydrogen) atoms. The van der Waals surface area contributed by atoms with Crippen LogP contribution in [-0.4, -0.2) is 37.5 Å². The molecule has 1 aromatic carbocycles. The Hall–Kier alpha value is -2.26. The number of rotatable bonds is 6. The average molecular weight is 432 g/mol. The summed E-state index contributed by atoms with van der Waals surface area (Å²) in [5.74, 6) is 5.50. The lowest BCUT2D eigenvalue weighted by molar-refractivity contribution is -0.146. The SMILES string of the molecule is CC#C[C@@H](OC(=O)C(Cc1ccccc1)NC(=O)OC(C)(C)C)[Si](C)(C)C(C)(C)C. The lowest BCUT2D eigenvalue weighted by atomic mass is 10.1. The van der Waals surface area contributed by atoms with Crippen molar-refractivity contribution in [3.05, 3.63) is 35.9 Å². The van der Waals surface area contributed by atoms with Crippen LogP contribution in [0, 0.1) is 11.8 Å². The first kappa shape index (κ1) is 25.8. The zero-order chi connectivity index (χ0) is 23.2. The number of nitrogens with one attached hydrogen (secondary N) is 1. The number of ether oxygens (including phenoxy) is 2. The van der Waals surface area contributed by atoms with Crippen molar-refractivity contribution < 1.29 is 19.1 Å². The molecule has 1 rings (SSSR count). The fourth-order valence-corrected chi connectivity index (χ4v) is 4.28. The molecule has 0 aliphatic heterocycles. The fraction of sp³-hybridized carbons (Fsp3) is 0.583. The van der Waals surface area contributed by atoms with Gasteiger partial charge in [-0.2, -0.15) is 0 Å². The average Bonchev–Trinajstić information content (AvgIpc) is 2.59. The molecule has 1 aromatic rings. The normalized spacial score (nSPS) is 14.0. The Morgan fingerprint density at radius 2 is 1.63 bits per heavy atom. The van der Waals surface area contributed by atoms with Crippen LogP contribution in [-0.2, 0) is 20.7 Å². The van der Waals surface area contributed by atoms with Gasteiger partial charge >= 0.3 is 12.1 Å². The van der Waals surface area contributed by atoms with Gasteiger partial charge in [0.25, 0.3) is 0 Å². The quantitative estimate of drug-likeness (QED) is 0.386. The molecule has 0 bridgehead atoms. The maximum Gasteiger partial charge on any atom is 0.408 e. The first-order valence-electron chi connectivity index (χ1n) is 10.3. The van der Waals surface area contributed by atoms with E-state index in [0.717, 1.165) is 5.56 Å². The van der Waals surface area contributed by atoms with Gasteiger partial charge in [0.15, 0.2) is 0 Å². The van der Waals surface area contributed by atoms with Crippen molar-refractivity contribution in [2.24, 2.45) is 0 Å². The first-order chi connectivity index (χ1) is 13.7. The third kappa shape index (κ3) is 7.87. The highest BCUT2D eigenvalue weighted by Gasteiger charge is 2.45. The summed E-state index contributed by atoms with van der Waals surface area (Å²) in [5.41, 5.74) is -0.225. The molecule has 0 aromatic heterocycles. The number of alkyl carbamates (subject to hydrolysis) is 1. The van der Waals surface area contributed by atoms with Gasteiger partial charge in [0, 0.05) is 6.42 Å². The Morgan fingerprint density at radius 3 is 2.10 bits per heavy atom. The van der Waals surface area contributed by atoms with Gasteiger partial charge in [-0.25, -0.2) is 9.59 Å². The van der Waals surface area contributed by atoms with Crippen LogP contribution >= 0.6 is 0 Å². The van der Waals surface area contributed by atoms with Gasteiger partial charge in [0.1, 0.15) is 25.4 Å². The number of carbonyl (C=O) groups is 2. The van der Waals surface area contributed by atoms with Gasteiger partial charge in [0.05, 0.1) is 0 Å². The topological polar surface area (TPSA) is 64.6 Å². The van der Waals surface area contributed by atoms with Crippen LogP contribution in [0.3, 0.4) is 0 Å². The predicted octanol–water partition coefficient (Wildman–Crippen LogP) is 5.11. The fourth-order valence-electron chi connectivity index (χ4n) is 2.57. The molecule has 2 atom stereocenters. The molecular weight excluding hydrogens is 394 g/mol. The van der Waals surface area contributed by atoms with Crippen LogP contribution in [0.4, 0.5) is 4.79 Å². The highest BCUT2D eigenvalue weighted by molar-refractivity contribution is 6.82. The van der Waals surface area contributed by atoms with Gasteiger partial charge in [-0.1, -0.05) is 70.1 Å². The number of hydrogen-bond donors (Lipinski definition) is 1. The molecule has 0 radical (unpaired) electrons. The monoisotopic (exact) mass is 431 g/mol. The summed E-state index contributed by atoms with van der Waals surface area (Å²) in [6, 6.07) is 8.65. The minimum Gasteiger partial charge on any atom is -0.452 e. The summed E-state index contributed by atoms with van der Waals surface area (Å²) >= 11 is 0. The van der Waals surface area contributed by atoms with Gasteiger partial charge in [0.2, 0.25) is 0 Å². The summed E-state index contributed by atoms with van der Waals surface area (Å²) in [5, 5.41) is 2.67. The van der Waals surface area contributed by atoms with Gasteiger partial charge in [-0.05, 0) is 38.3 Å². The molecule has 1 N–H and O–H groups in total. The predicted molar refractivity (Wildman–Crippen MR) is 124 cm³/mol. The van der Waals surface area contributed by atoms with Crippen molar-refractivity contribution in [3.8, 4) is 11.8 Å². The van der Waals surface area contributed by atoms with Crippen molar-refractivity contribution >= 4 is 20.1 Å². The third-order valence-corrected chi connectivity index (χ3v) is 10.8. The highest BCUT2D eigenvalue weighted by atomic mass is 28.3. The second-order valence-corrected chi connectivity index (χ2v) is 15.5. The van der Waals surface area contributed by atoms with Crippen molar-refractivity contribution in [2.75, 3.05) is 0 Å². The molecular formula is C24H37NO4Si. The Morgan fingerprint density at radius 1 is 1.07 bits per heavy atom. The maximum absolute atomic E-state index is 13.2. The van der Waals surface area contributed by atoms with Gasteiger partial charge < -0.3 is 14.8 Å². The Labute approximate surface area is 182 Å². The number of carbonyl (C=O) groups excluding carboxylic acids is 2. The molecule has 1 amide bonds. The van der Waals surface area contributed by atoms with E-state index in [0.29, 0.717) is 6.42 Å². The van der Waals surface area contributed by atoms with Crippen LogP contribution < -0.4 is 5.32 Å². The number of amides is 1.